The maximum Gasteiger partial charge on any atom is 0.449 e. The smallest absolute Gasteiger partial charge is 0.449 e. The van der Waals surface area contributed by atoms with Crippen LogP contribution in [-0.2, 0) is 12.4 Å². The van der Waals surface area contributed by atoms with Gasteiger partial charge in [0.1, 0.15) is 0 Å². The highest BCUT2D eigenvalue weighted by atomic mass is 19.4. The van der Waals surface area contributed by atoms with Crippen molar-refractivity contribution in [3.63, 3.8) is 0 Å². The van der Waals surface area contributed by atoms with Crippen molar-refractivity contribution in [3.05, 3.63) is 35.7 Å². The lowest BCUT2D eigenvalue weighted by Crippen LogP contribution is -2.09. The van der Waals surface area contributed by atoms with Crippen LogP contribution in [0.1, 0.15) is 11.4 Å². The Morgan fingerprint density at radius 2 is 1.65 bits per heavy atom. The number of aromatic nitrogens is 4. The molecule has 0 fully saturated rings. The van der Waals surface area contributed by atoms with Gasteiger partial charge in [-0.1, -0.05) is 12.1 Å². The summed E-state index contributed by atoms with van der Waals surface area (Å²) in [7, 11) is 1.15. The number of benzene rings is 1. The molecule has 26 heavy (non-hydrogen) atoms. The van der Waals surface area contributed by atoms with E-state index in [-0.39, 0.29) is 28.7 Å². The van der Waals surface area contributed by atoms with E-state index in [1.54, 1.807) is 0 Å². The molecule has 0 saturated heterocycles. The van der Waals surface area contributed by atoms with Crippen LogP contribution in [-0.4, -0.2) is 27.0 Å². The lowest BCUT2D eigenvalue weighted by atomic mass is 10.1. The summed E-state index contributed by atoms with van der Waals surface area (Å²) >= 11 is 0. The standard InChI is InChI=1S/C14H9F6N5O/c1-26-11-10(21-7-5-3-2-4-6(7)13(15,16)17)22-8-9(23-11)25-12(24-8)14(18,19)20/h2-5H,1H3,(H2,21,22,23,24,25). The van der Waals surface area contributed by atoms with Gasteiger partial charge in [-0.2, -0.15) is 31.3 Å². The number of imidazole rings is 1. The molecule has 3 aromatic rings. The second-order valence-corrected chi connectivity index (χ2v) is 5.01. The average Bonchev–Trinajstić information content (AvgIpc) is 2.96. The van der Waals surface area contributed by atoms with Crippen molar-refractivity contribution in [2.75, 3.05) is 12.4 Å². The Morgan fingerprint density at radius 1 is 0.962 bits per heavy atom. The van der Waals surface area contributed by atoms with Gasteiger partial charge in [-0.15, -0.1) is 0 Å². The molecule has 0 atom stereocenters. The number of halogens is 6. The highest BCUT2D eigenvalue weighted by molar-refractivity contribution is 5.73. The number of fused-ring (bicyclic) bond motifs is 1. The predicted molar refractivity (Wildman–Crippen MR) is 78.0 cm³/mol. The van der Waals surface area contributed by atoms with Gasteiger partial charge in [0.25, 0.3) is 5.88 Å². The SMILES string of the molecule is COc1nc2nc(C(F)(F)F)[nH]c2nc1Nc1ccccc1C(F)(F)F. The van der Waals surface area contributed by atoms with Gasteiger partial charge < -0.3 is 15.0 Å². The molecule has 0 radical (unpaired) electrons. The van der Waals surface area contributed by atoms with Crippen molar-refractivity contribution in [1.29, 1.82) is 0 Å². The first-order chi connectivity index (χ1) is 12.1. The van der Waals surface area contributed by atoms with Crippen LogP contribution in [0.4, 0.5) is 37.8 Å². The summed E-state index contributed by atoms with van der Waals surface area (Å²) in [5.41, 5.74) is -2.08. The molecule has 0 aliphatic heterocycles. The molecule has 3 rings (SSSR count). The second-order valence-electron chi connectivity index (χ2n) is 5.01. The minimum absolute atomic E-state index is 0.297. The third-order valence-electron chi connectivity index (χ3n) is 3.25. The fourth-order valence-electron chi connectivity index (χ4n) is 2.14. The normalized spacial score (nSPS) is 12.4. The molecule has 0 aliphatic rings. The van der Waals surface area contributed by atoms with Gasteiger partial charge in [0.2, 0.25) is 11.5 Å². The van der Waals surface area contributed by atoms with E-state index in [1.165, 1.54) is 12.1 Å². The molecule has 2 aromatic heterocycles. The average molecular weight is 377 g/mol. The topological polar surface area (TPSA) is 75.7 Å². The molecule has 1 aromatic carbocycles. The molecule has 12 heteroatoms. The van der Waals surface area contributed by atoms with Crippen molar-refractivity contribution in [2.45, 2.75) is 12.4 Å². The van der Waals surface area contributed by atoms with Crippen LogP contribution in [0.3, 0.4) is 0 Å². The number of nitrogens with zero attached hydrogens (tertiary/aromatic N) is 3. The number of methoxy groups -OCH3 is 1. The van der Waals surface area contributed by atoms with Gasteiger partial charge in [-0.3, -0.25) is 0 Å². The zero-order chi connectivity index (χ0) is 19.1. The van der Waals surface area contributed by atoms with E-state index in [9.17, 15) is 26.3 Å². The molecule has 138 valence electrons. The first-order valence-electron chi connectivity index (χ1n) is 6.92. The van der Waals surface area contributed by atoms with Gasteiger partial charge in [-0.05, 0) is 12.1 Å². The first kappa shape index (κ1) is 17.8. The maximum absolute atomic E-state index is 13.1. The lowest BCUT2D eigenvalue weighted by molar-refractivity contribution is -0.144. The molecular formula is C14H9F6N5O. The van der Waals surface area contributed by atoms with Crippen molar-refractivity contribution >= 4 is 22.8 Å². The number of aromatic amines is 1. The summed E-state index contributed by atoms with van der Waals surface area (Å²) in [6.45, 7) is 0. The number of ether oxygens (including phenoxy) is 1. The maximum atomic E-state index is 13.1. The van der Waals surface area contributed by atoms with Crippen molar-refractivity contribution < 1.29 is 31.1 Å². The van der Waals surface area contributed by atoms with E-state index in [4.69, 9.17) is 4.74 Å². The van der Waals surface area contributed by atoms with Crippen LogP contribution < -0.4 is 10.1 Å². The van der Waals surface area contributed by atoms with Crippen LogP contribution in [0.25, 0.3) is 11.3 Å². The molecule has 0 bridgehead atoms. The number of hydrogen-bond acceptors (Lipinski definition) is 5. The quantitative estimate of drug-likeness (QED) is 0.671. The predicted octanol–water partition coefficient (Wildman–Crippen LogP) is 4.14. The number of alkyl halides is 6. The molecular weight excluding hydrogens is 368 g/mol. The zero-order valence-electron chi connectivity index (χ0n) is 12.8. The minimum atomic E-state index is -4.76. The number of rotatable bonds is 3. The molecule has 0 amide bonds. The van der Waals surface area contributed by atoms with Gasteiger partial charge in [0.15, 0.2) is 11.5 Å². The molecule has 6 nitrogen and oxygen atoms in total. The third-order valence-corrected chi connectivity index (χ3v) is 3.25. The summed E-state index contributed by atoms with van der Waals surface area (Å²) in [5.74, 6) is -1.94. The van der Waals surface area contributed by atoms with Crippen LogP contribution in [0.2, 0.25) is 0 Å². The summed E-state index contributed by atoms with van der Waals surface area (Å²) in [6, 6.07) is 4.54. The molecule has 0 unspecified atom stereocenters. The number of H-pyrrole nitrogens is 1. The number of hydrogen-bond donors (Lipinski definition) is 2. The monoisotopic (exact) mass is 377 g/mol. The van der Waals surface area contributed by atoms with Crippen molar-refractivity contribution in [3.8, 4) is 5.88 Å². The van der Waals surface area contributed by atoms with Gasteiger partial charge in [0, 0.05) is 0 Å². The largest absolute Gasteiger partial charge is 0.478 e. The number of anilines is 2. The molecule has 0 aliphatic carbocycles. The van der Waals surface area contributed by atoms with E-state index in [0.717, 1.165) is 19.2 Å². The lowest BCUT2D eigenvalue weighted by Gasteiger charge is -2.14. The molecule has 2 N–H and O–H groups in total. The van der Waals surface area contributed by atoms with Crippen molar-refractivity contribution in [2.24, 2.45) is 0 Å². The second kappa shape index (κ2) is 6.04. The van der Waals surface area contributed by atoms with Crippen LogP contribution in [0, 0.1) is 0 Å². The Kier molecular flexibility index (Phi) is 4.12. The van der Waals surface area contributed by atoms with E-state index in [0.29, 0.717) is 0 Å². The van der Waals surface area contributed by atoms with E-state index in [1.807, 2.05) is 4.98 Å². The highest BCUT2D eigenvalue weighted by Crippen LogP contribution is 2.37. The summed E-state index contributed by atoms with van der Waals surface area (Å²) in [5, 5.41) is 2.39. The zero-order valence-corrected chi connectivity index (χ0v) is 12.8. The fourth-order valence-corrected chi connectivity index (χ4v) is 2.14. The van der Waals surface area contributed by atoms with Gasteiger partial charge in [-0.25, -0.2) is 9.97 Å². The Bertz CT molecular complexity index is 949. The Labute approximate surface area is 141 Å². The minimum Gasteiger partial charge on any atom is -0.478 e. The Balaban J connectivity index is 2.08. The van der Waals surface area contributed by atoms with Crippen LogP contribution >= 0.6 is 0 Å². The van der Waals surface area contributed by atoms with Gasteiger partial charge in [0.05, 0.1) is 18.4 Å². The summed E-state index contributed by atoms with van der Waals surface area (Å²) < 4.78 is 82.3. The third kappa shape index (κ3) is 3.34. The number of nitrogens with one attached hydrogen (secondary N) is 2. The number of para-hydroxylation sites is 1. The van der Waals surface area contributed by atoms with E-state index < -0.39 is 23.7 Å². The van der Waals surface area contributed by atoms with Crippen LogP contribution in [0.15, 0.2) is 24.3 Å². The first-order valence-corrected chi connectivity index (χ1v) is 6.92. The molecule has 0 saturated carbocycles. The molecule has 0 spiro atoms. The van der Waals surface area contributed by atoms with Gasteiger partial charge >= 0.3 is 12.4 Å². The fraction of sp³-hybridized carbons (Fsp3) is 0.214. The van der Waals surface area contributed by atoms with E-state index in [2.05, 4.69) is 20.3 Å². The molecule has 2 heterocycles. The van der Waals surface area contributed by atoms with Crippen molar-refractivity contribution in [1.82, 2.24) is 19.9 Å². The van der Waals surface area contributed by atoms with E-state index >= 15 is 0 Å². The highest BCUT2D eigenvalue weighted by Gasteiger charge is 2.36. The summed E-state index contributed by atoms with van der Waals surface area (Å²) in [4.78, 5) is 12.7. The summed E-state index contributed by atoms with van der Waals surface area (Å²) in [6.07, 6.45) is -9.40. The van der Waals surface area contributed by atoms with Crippen LogP contribution in [0.5, 0.6) is 5.88 Å². The Morgan fingerprint density at radius 3 is 2.27 bits per heavy atom. The Hall–Kier alpha value is -3.05.